The van der Waals surface area contributed by atoms with Crippen molar-refractivity contribution in [2.45, 2.75) is 72.5 Å². The van der Waals surface area contributed by atoms with Crippen LogP contribution in [-0.4, -0.2) is 28.3 Å². The Balaban J connectivity index is 2.02. The van der Waals surface area contributed by atoms with Crippen LogP contribution in [0.2, 0.25) is 0 Å². The zero-order valence-electron chi connectivity index (χ0n) is 21.9. The molecule has 0 saturated carbocycles. The third-order valence-corrected chi connectivity index (χ3v) is 6.01. The van der Waals surface area contributed by atoms with Crippen LogP contribution in [0.25, 0.3) is 0 Å². The van der Waals surface area contributed by atoms with Crippen molar-refractivity contribution < 1.29 is 9.59 Å². The summed E-state index contributed by atoms with van der Waals surface area (Å²) < 4.78 is 0. The molecule has 1 unspecified atom stereocenters. The van der Waals surface area contributed by atoms with E-state index >= 15 is 0 Å². The molecule has 0 bridgehead atoms. The zero-order chi connectivity index (χ0) is 25.6. The van der Waals surface area contributed by atoms with Gasteiger partial charge in [-0.15, -0.1) is 0 Å². The van der Waals surface area contributed by atoms with E-state index < -0.39 is 11.6 Å². The predicted molar refractivity (Wildman–Crippen MR) is 143 cm³/mol. The Kier molecular flexibility index (Phi) is 8.50. The number of carbonyl (C=O) groups is 2. The smallest absolute Gasteiger partial charge is 0.243 e. The second-order valence-corrected chi connectivity index (χ2v) is 10.6. The summed E-state index contributed by atoms with van der Waals surface area (Å²) in [5, 5.41) is 3.12. The number of rotatable bonds is 8. The summed E-state index contributed by atoms with van der Waals surface area (Å²) >= 11 is 0. The van der Waals surface area contributed by atoms with Gasteiger partial charge in [0.05, 0.1) is 6.42 Å². The van der Waals surface area contributed by atoms with Crippen LogP contribution in [0.4, 0.5) is 0 Å². The molecule has 4 heteroatoms. The number of hydrogen-bond donors (Lipinski definition) is 1. The highest BCUT2D eigenvalue weighted by Gasteiger charge is 2.32. The zero-order valence-corrected chi connectivity index (χ0v) is 21.9. The average Bonchev–Trinajstić information content (AvgIpc) is 2.76. The standard InChI is InChI=1S/C31H38N2O2/c1-22-16-23(2)18-26(17-22)20-29(34)33(21-27-15-11-10-12-24(27)3)28(30(35)32-31(4,5)6)19-25-13-8-7-9-14-25/h7-18,28H,19-21H2,1-6H3,(H,32,35). The van der Waals surface area contributed by atoms with E-state index in [2.05, 4.69) is 23.5 Å². The molecule has 0 aliphatic heterocycles. The van der Waals surface area contributed by atoms with Gasteiger partial charge in [-0.25, -0.2) is 0 Å². The van der Waals surface area contributed by atoms with Gasteiger partial charge in [-0.05, 0) is 63.8 Å². The SMILES string of the molecule is Cc1cc(C)cc(CC(=O)N(Cc2ccccc2C)C(Cc2ccccc2)C(=O)NC(C)(C)C)c1. The van der Waals surface area contributed by atoms with E-state index in [0.29, 0.717) is 13.0 Å². The second kappa shape index (κ2) is 11.4. The molecule has 0 saturated heterocycles. The highest BCUT2D eigenvalue weighted by atomic mass is 16.2. The second-order valence-electron chi connectivity index (χ2n) is 10.6. The lowest BCUT2D eigenvalue weighted by molar-refractivity contribution is -0.141. The van der Waals surface area contributed by atoms with Gasteiger partial charge in [0.15, 0.2) is 0 Å². The average molecular weight is 471 g/mol. The summed E-state index contributed by atoms with van der Waals surface area (Å²) in [7, 11) is 0. The van der Waals surface area contributed by atoms with Crippen molar-refractivity contribution in [3.8, 4) is 0 Å². The molecule has 1 atom stereocenters. The first-order valence-electron chi connectivity index (χ1n) is 12.3. The molecular weight excluding hydrogens is 432 g/mol. The summed E-state index contributed by atoms with van der Waals surface area (Å²) in [6.45, 7) is 12.4. The summed E-state index contributed by atoms with van der Waals surface area (Å²) in [4.78, 5) is 29.3. The minimum atomic E-state index is -0.630. The fourth-order valence-corrected chi connectivity index (χ4v) is 4.43. The minimum Gasteiger partial charge on any atom is -0.350 e. The Labute approximate surface area is 210 Å². The Morgan fingerprint density at radius 3 is 2.03 bits per heavy atom. The number of nitrogens with one attached hydrogen (secondary N) is 1. The van der Waals surface area contributed by atoms with Crippen molar-refractivity contribution in [3.63, 3.8) is 0 Å². The van der Waals surface area contributed by atoms with Crippen molar-refractivity contribution in [3.05, 3.63) is 106 Å². The molecular formula is C31H38N2O2. The lowest BCUT2D eigenvalue weighted by Crippen LogP contribution is -2.54. The maximum atomic E-state index is 13.9. The number of aryl methyl sites for hydroxylation is 3. The van der Waals surface area contributed by atoms with Gasteiger partial charge in [0.25, 0.3) is 0 Å². The number of hydrogen-bond acceptors (Lipinski definition) is 2. The minimum absolute atomic E-state index is 0.0526. The molecule has 0 radical (unpaired) electrons. The van der Waals surface area contributed by atoms with Crippen LogP contribution in [0.3, 0.4) is 0 Å². The molecule has 184 valence electrons. The summed E-state index contributed by atoms with van der Waals surface area (Å²) in [5.74, 6) is -0.188. The normalized spacial score (nSPS) is 12.2. The molecule has 0 fully saturated rings. The quantitative estimate of drug-likeness (QED) is 0.458. The molecule has 3 aromatic rings. The fourth-order valence-electron chi connectivity index (χ4n) is 4.43. The number of nitrogens with zero attached hydrogens (tertiary/aromatic N) is 1. The van der Waals surface area contributed by atoms with Crippen LogP contribution < -0.4 is 5.32 Å². The van der Waals surface area contributed by atoms with Gasteiger partial charge in [-0.1, -0.05) is 83.9 Å². The number of amides is 2. The molecule has 0 heterocycles. The number of benzene rings is 3. The fraction of sp³-hybridized carbons (Fsp3) is 0.355. The first-order chi connectivity index (χ1) is 16.5. The van der Waals surface area contributed by atoms with E-state index in [1.54, 1.807) is 4.90 Å². The molecule has 2 amide bonds. The third-order valence-electron chi connectivity index (χ3n) is 6.01. The van der Waals surface area contributed by atoms with E-state index in [1.165, 1.54) is 0 Å². The molecule has 0 spiro atoms. The van der Waals surface area contributed by atoms with Gasteiger partial charge in [0.2, 0.25) is 11.8 Å². The maximum absolute atomic E-state index is 13.9. The van der Waals surface area contributed by atoms with Gasteiger partial charge < -0.3 is 10.2 Å². The molecule has 0 aliphatic rings. The van der Waals surface area contributed by atoms with Crippen LogP contribution in [-0.2, 0) is 29.0 Å². The first kappa shape index (κ1) is 26.2. The Bertz CT molecular complexity index is 1140. The van der Waals surface area contributed by atoms with Crippen molar-refractivity contribution in [1.29, 1.82) is 0 Å². The Morgan fingerprint density at radius 1 is 0.829 bits per heavy atom. The van der Waals surface area contributed by atoms with Crippen LogP contribution >= 0.6 is 0 Å². The topological polar surface area (TPSA) is 49.4 Å². The van der Waals surface area contributed by atoms with E-state index in [1.807, 2.05) is 96.1 Å². The first-order valence-corrected chi connectivity index (χ1v) is 12.3. The van der Waals surface area contributed by atoms with E-state index in [4.69, 9.17) is 0 Å². The summed E-state index contributed by atoms with van der Waals surface area (Å²) in [6.07, 6.45) is 0.704. The van der Waals surface area contributed by atoms with Crippen LogP contribution in [0.15, 0.2) is 72.8 Å². The van der Waals surface area contributed by atoms with Crippen LogP contribution in [0.1, 0.15) is 54.2 Å². The lowest BCUT2D eigenvalue weighted by Gasteiger charge is -2.34. The predicted octanol–water partition coefficient (Wildman–Crippen LogP) is 5.71. The van der Waals surface area contributed by atoms with Crippen molar-refractivity contribution in [2.75, 3.05) is 0 Å². The van der Waals surface area contributed by atoms with Gasteiger partial charge in [0.1, 0.15) is 6.04 Å². The molecule has 0 aromatic heterocycles. The molecule has 4 nitrogen and oxygen atoms in total. The lowest BCUT2D eigenvalue weighted by atomic mass is 9.98. The van der Waals surface area contributed by atoms with Crippen molar-refractivity contribution in [2.24, 2.45) is 0 Å². The van der Waals surface area contributed by atoms with Crippen LogP contribution in [0, 0.1) is 20.8 Å². The maximum Gasteiger partial charge on any atom is 0.243 e. The highest BCUT2D eigenvalue weighted by Crippen LogP contribution is 2.20. The largest absolute Gasteiger partial charge is 0.350 e. The molecule has 1 N–H and O–H groups in total. The van der Waals surface area contributed by atoms with E-state index in [9.17, 15) is 9.59 Å². The Hall–Kier alpha value is -3.40. The monoisotopic (exact) mass is 470 g/mol. The van der Waals surface area contributed by atoms with Gasteiger partial charge >= 0.3 is 0 Å². The number of carbonyl (C=O) groups excluding carboxylic acids is 2. The Morgan fingerprint density at radius 2 is 1.43 bits per heavy atom. The highest BCUT2D eigenvalue weighted by molar-refractivity contribution is 5.89. The van der Waals surface area contributed by atoms with Crippen molar-refractivity contribution in [1.82, 2.24) is 10.2 Å². The van der Waals surface area contributed by atoms with Gasteiger partial charge in [-0.2, -0.15) is 0 Å². The van der Waals surface area contributed by atoms with Crippen molar-refractivity contribution >= 4 is 11.8 Å². The molecule has 35 heavy (non-hydrogen) atoms. The van der Waals surface area contributed by atoms with E-state index in [-0.39, 0.29) is 18.2 Å². The molecule has 3 aromatic carbocycles. The third kappa shape index (κ3) is 7.81. The van der Waals surface area contributed by atoms with Crippen LogP contribution in [0.5, 0.6) is 0 Å². The van der Waals surface area contributed by atoms with E-state index in [0.717, 1.165) is 33.4 Å². The summed E-state index contributed by atoms with van der Waals surface area (Å²) in [6, 6.07) is 23.6. The molecule has 0 aliphatic carbocycles. The van der Waals surface area contributed by atoms with Gasteiger partial charge in [0, 0.05) is 18.5 Å². The summed E-state index contributed by atoms with van der Waals surface area (Å²) in [5.41, 5.74) is 5.99. The van der Waals surface area contributed by atoms with Gasteiger partial charge in [-0.3, -0.25) is 9.59 Å². The molecule has 3 rings (SSSR count).